The Morgan fingerprint density at radius 3 is 1.67 bits per heavy atom. The number of oxime groups is 2. The molecule has 0 aliphatic carbocycles. The van der Waals surface area contributed by atoms with Crippen LogP contribution in [0, 0.1) is 0 Å². The number of nitrogens with zero attached hydrogens (tertiary/aromatic N) is 3. The summed E-state index contributed by atoms with van der Waals surface area (Å²) in [6, 6.07) is 25.8. The van der Waals surface area contributed by atoms with Gasteiger partial charge in [-0.15, -0.1) is 0 Å². The van der Waals surface area contributed by atoms with Crippen molar-refractivity contribution in [1.29, 1.82) is 0 Å². The van der Waals surface area contributed by atoms with Crippen LogP contribution in [0.4, 0.5) is 0 Å². The van der Waals surface area contributed by atoms with Crippen LogP contribution >= 0.6 is 46.4 Å². The first-order chi connectivity index (χ1) is 22.2. The minimum absolute atomic E-state index is 0.0209. The molecule has 0 aromatic heterocycles. The van der Waals surface area contributed by atoms with Crippen molar-refractivity contribution in [2.45, 2.75) is 37.4 Å². The maximum atomic E-state index is 12.1. The molecule has 4 rings (SSSR count). The minimum Gasteiger partial charge on any atom is -0.411 e. The van der Waals surface area contributed by atoms with E-state index < -0.39 is 18.1 Å². The molecule has 0 spiro atoms. The van der Waals surface area contributed by atoms with E-state index in [0.29, 0.717) is 36.8 Å². The van der Waals surface area contributed by atoms with E-state index >= 15 is 0 Å². The lowest BCUT2D eigenvalue weighted by molar-refractivity contribution is -0.161. The van der Waals surface area contributed by atoms with Gasteiger partial charge in [0.25, 0.3) is 0 Å². The predicted octanol–water partition coefficient (Wildman–Crippen LogP) is 10.0. The Balaban J connectivity index is 1.70. The van der Waals surface area contributed by atoms with Gasteiger partial charge in [-0.05, 0) is 76.9 Å². The summed E-state index contributed by atoms with van der Waals surface area (Å²) in [6.07, 6.45) is 3.53. The van der Waals surface area contributed by atoms with Crippen molar-refractivity contribution >= 4 is 63.9 Å². The van der Waals surface area contributed by atoms with E-state index in [-0.39, 0.29) is 30.7 Å². The monoisotopic (exact) mass is 700 g/mol. The maximum absolute atomic E-state index is 12.1. The molecule has 4 aromatic rings. The topological polar surface area (TPSA) is 121 Å². The third-order valence-corrected chi connectivity index (χ3v) is 8.31. The summed E-state index contributed by atoms with van der Waals surface area (Å²) in [4.78, 5) is 0. The zero-order chi connectivity index (χ0) is 33.1. The van der Waals surface area contributed by atoms with Gasteiger partial charge in [0.1, 0.15) is 0 Å². The Bertz CT molecular complexity index is 1700. The normalized spacial score (nSPS) is 14.5. The number of rotatable bonds is 14. The standard InChI is InChI=1S/C34H32Cl4N4O4/c35-26-9-1-5-22(15-26)13-14-30(39-43)20-33(24-7-3-11-28(37)17-24)42(46)34(25-8-4-12-29(38)18-25)21-31(40-44)19-32(41-45)23-6-2-10-27(36)16-23/h1-18,32-34,41,43-46H,19-21H2/b14-13+,39-30+,40-31+. The molecule has 3 atom stereocenters. The quantitative estimate of drug-likeness (QED) is 0.0507. The highest BCUT2D eigenvalue weighted by molar-refractivity contribution is 6.31. The average Bonchev–Trinajstić information content (AvgIpc) is 3.05. The average molecular weight is 702 g/mol. The summed E-state index contributed by atoms with van der Waals surface area (Å²) >= 11 is 25.0. The van der Waals surface area contributed by atoms with Crippen LogP contribution in [-0.2, 0) is 0 Å². The number of allylic oxidation sites excluding steroid dienone is 1. The smallest absolute Gasteiger partial charge is 0.0815 e. The van der Waals surface area contributed by atoms with Gasteiger partial charge in [0.15, 0.2) is 0 Å². The predicted molar refractivity (Wildman–Crippen MR) is 184 cm³/mol. The molecule has 12 heteroatoms. The van der Waals surface area contributed by atoms with E-state index in [9.17, 15) is 20.8 Å². The van der Waals surface area contributed by atoms with Gasteiger partial charge in [0.2, 0.25) is 0 Å². The van der Waals surface area contributed by atoms with Crippen molar-refractivity contribution in [3.63, 3.8) is 0 Å². The Hall–Kier alpha value is -3.44. The van der Waals surface area contributed by atoms with Crippen molar-refractivity contribution in [1.82, 2.24) is 10.5 Å². The fraction of sp³-hybridized carbons (Fsp3) is 0.176. The van der Waals surface area contributed by atoms with Gasteiger partial charge in [-0.1, -0.05) is 111 Å². The summed E-state index contributed by atoms with van der Waals surface area (Å²) < 4.78 is 0. The van der Waals surface area contributed by atoms with Crippen LogP contribution in [-0.4, -0.2) is 37.3 Å². The SMILES string of the molecule is O/N=C(\C=C\c1cccc(Cl)c1)CC(c1cccc(Cl)c1)N(O)C(C/C(CC(NO)c1cccc(Cl)c1)=N/O)c1cccc(Cl)c1. The molecule has 0 heterocycles. The first kappa shape index (κ1) is 35.4. The second kappa shape index (κ2) is 17.5. The Morgan fingerprint density at radius 1 is 0.674 bits per heavy atom. The Kier molecular flexibility index (Phi) is 13.4. The maximum Gasteiger partial charge on any atom is 0.0815 e. The molecule has 0 saturated heterocycles. The number of hydrogen-bond donors (Lipinski definition) is 5. The van der Waals surface area contributed by atoms with Crippen molar-refractivity contribution in [3.8, 4) is 0 Å². The highest BCUT2D eigenvalue weighted by atomic mass is 35.5. The van der Waals surface area contributed by atoms with Gasteiger partial charge in [-0.25, -0.2) is 0 Å². The fourth-order valence-corrected chi connectivity index (χ4v) is 5.90. The second-order valence-corrected chi connectivity index (χ2v) is 12.3. The van der Waals surface area contributed by atoms with Gasteiger partial charge in [-0.3, -0.25) is 0 Å². The van der Waals surface area contributed by atoms with Crippen LogP contribution < -0.4 is 5.48 Å². The van der Waals surface area contributed by atoms with Crippen molar-refractivity contribution in [2.24, 2.45) is 10.3 Å². The Labute approximate surface area is 287 Å². The summed E-state index contributed by atoms with van der Waals surface area (Å²) in [5.41, 5.74) is 5.50. The van der Waals surface area contributed by atoms with Crippen molar-refractivity contribution in [2.75, 3.05) is 0 Å². The summed E-state index contributed by atoms with van der Waals surface area (Å²) in [6.45, 7) is 0. The van der Waals surface area contributed by atoms with Gasteiger partial charge in [0, 0.05) is 39.4 Å². The van der Waals surface area contributed by atoms with E-state index in [0.717, 1.165) is 10.6 Å². The van der Waals surface area contributed by atoms with Crippen LogP contribution in [0.2, 0.25) is 20.1 Å². The number of hydroxylamine groups is 3. The van der Waals surface area contributed by atoms with E-state index in [1.165, 1.54) is 0 Å². The zero-order valence-electron chi connectivity index (χ0n) is 24.4. The van der Waals surface area contributed by atoms with E-state index in [4.69, 9.17) is 46.4 Å². The minimum atomic E-state index is -0.816. The van der Waals surface area contributed by atoms with E-state index in [1.807, 2.05) is 6.07 Å². The third kappa shape index (κ3) is 10.0. The summed E-state index contributed by atoms with van der Waals surface area (Å²) in [5, 5.41) is 52.2. The molecular weight excluding hydrogens is 670 g/mol. The Morgan fingerprint density at radius 2 is 1.17 bits per heavy atom. The largest absolute Gasteiger partial charge is 0.411 e. The van der Waals surface area contributed by atoms with Gasteiger partial charge in [0.05, 0.1) is 29.5 Å². The first-order valence-electron chi connectivity index (χ1n) is 14.2. The molecule has 0 bridgehead atoms. The van der Waals surface area contributed by atoms with Crippen LogP contribution in [0.3, 0.4) is 0 Å². The molecule has 46 heavy (non-hydrogen) atoms. The molecule has 4 aromatic carbocycles. The molecule has 0 aliphatic rings. The summed E-state index contributed by atoms with van der Waals surface area (Å²) in [7, 11) is 0. The van der Waals surface area contributed by atoms with Gasteiger partial charge in [-0.2, -0.15) is 10.5 Å². The van der Waals surface area contributed by atoms with Crippen molar-refractivity contribution in [3.05, 3.63) is 145 Å². The number of hydrogen-bond acceptors (Lipinski definition) is 8. The molecule has 0 radical (unpaired) electrons. The lowest BCUT2D eigenvalue weighted by Crippen LogP contribution is -2.33. The lowest BCUT2D eigenvalue weighted by atomic mass is 9.92. The van der Waals surface area contributed by atoms with Crippen LogP contribution in [0.25, 0.3) is 6.08 Å². The molecule has 8 nitrogen and oxygen atoms in total. The highest BCUT2D eigenvalue weighted by Gasteiger charge is 2.31. The molecule has 5 N–H and O–H groups in total. The van der Waals surface area contributed by atoms with Gasteiger partial charge < -0.3 is 20.8 Å². The van der Waals surface area contributed by atoms with Gasteiger partial charge >= 0.3 is 0 Å². The first-order valence-corrected chi connectivity index (χ1v) is 15.7. The molecule has 3 unspecified atom stereocenters. The fourth-order valence-electron chi connectivity index (χ4n) is 5.10. The number of halogens is 4. The van der Waals surface area contributed by atoms with Crippen LogP contribution in [0.5, 0.6) is 0 Å². The van der Waals surface area contributed by atoms with Crippen LogP contribution in [0.15, 0.2) is 113 Å². The molecule has 0 saturated carbocycles. The van der Waals surface area contributed by atoms with Crippen molar-refractivity contribution < 1.29 is 20.8 Å². The molecule has 0 aliphatic heterocycles. The van der Waals surface area contributed by atoms with Crippen LogP contribution in [0.1, 0.15) is 59.6 Å². The lowest BCUT2D eigenvalue weighted by Gasteiger charge is -2.34. The highest BCUT2D eigenvalue weighted by Crippen LogP contribution is 2.37. The number of benzene rings is 4. The molecule has 240 valence electrons. The summed E-state index contributed by atoms with van der Waals surface area (Å²) in [5.74, 6) is 0. The second-order valence-electron chi connectivity index (χ2n) is 10.5. The number of nitrogens with one attached hydrogen (secondary N) is 1. The third-order valence-electron chi connectivity index (χ3n) is 7.37. The molecule has 0 fully saturated rings. The van der Waals surface area contributed by atoms with E-state index in [1.54, 1.807) is 103 Å². The van der Waals surface area contributed by atoms with E-state index in [2.05, 4.69) is 15.8 Å². The molecule has 0 amide bonds. The zero-order valence-corrected chi connectivity index (χ0v) is 27.4. The molecular formula is C34H32Cl4N4O4.